The lowest BCUT2D eigenvalue weighted by atomic mass is 9.98. The first-order valence-corrected chi connectivity index (χ1v) is 12.3. The summed E-state index contributed by atoms with van der Waals surface area (Å²) in [6.07, 6.45) is 9.68. The number of carboxylic acid groups (broad SMARTS) is 1. The molecule has 0 bridgehead atoms. The van der Waals surface area contributed by atoms with Crippen LogP contribution in [0.1, 0.15) is 99.3 Å². The van der Waals surface area contributed by atoms with Crippen LogP contribution in [0.25, 0.3) is 11.1 Å². The summed E-state index contributed by atoms with van der Waals surface area (Å²) in [5.74, 6) is -0.999. The second kappa shape index (κ2) is 14.4. The number of benzene rings is 2. The molecule has 0 saturated heterocycles. The van der Waals surface area contributed by atoms with E-state index in [1.807, 2.05) is 6.92 Å². The number of ether oxygens (including phenoxy) is 2. The van der Waals surface area contributed by atoms with E-state index in [-0.39, 0.29) is 17.6 Å². The molecule has 0 aliphatic rings. The average molecular weight is 454 g/mol. The Bertz CT molecular complexity index is 872. The molecular formula is C28H37O5-. The van der Waals surface area contributed by atoms with Crippen molar-refractivity contribution in [2.75, 3.05) is 6.61 Å². The zero-order valence-corrected chi connectivity index (χ0v) is 20.2. The third-order valence-electron chi connectivity index (χ3n) is 5.68. The van der Waals surface area contributed by atoms with Crippen LogP contribution >= 0.6 is 0 Å². The molecular weight excluding hydrogens is 416 g/mol. The fraction of sp³-hybridized carbons (Fsp3) is 0.500. The van der Waals surface area contributed by atoms with Crippen molar-refractivity contribution in [3.8, 4) is 16.9 Å². The molecule has 5 nitrogen and oxygen atoms in total. The lowest BCUT2D eigenvalue weighted by Crippen LogP contribution is -2.23. The molecule has 0 fully saturated rings. The molecule has 2 aromatic rings. The van der Waals surface area contributed by atoms with Crippen molar-refractivity contribution in [1.82, 2.24) is 0 Å². The standard InChI is InChI=1S/C28H38O5/c1-4-6-8-10-12-21(3)33-28(31)23-15-13-22(14-16-23)26-20-24(17-18-25(26)27(29)30)32-19-11-9-7-5-2/h13-18,20-21H,4-12,19H2,1-3H3,(H,29,30)/p-1/t21-/m1/s1. The quantitative estimate of drug-likeness (QED) is 0.237. The first kappa shape index (κ1) is 26.4. The van der Waals surface area contributed by atoms with Crippen LogP contribution in [0.5, 0.6) is 5.75 Å². The average Bonchev–Trinajstić information content (AvgIpc) is 2.81. The highest BCUT2D eigenvalue weighted by molar-refractivity contribution is 5.96. The van der Waals surface area contributed by atoms with E-state index in [0.29, 0.717) is 29.0 Å². The first-order chi connectivity index (χ1) is 16.0. The zero-order valence-electron chi connectivity index (χ0n) is 20.2. The topological polar surface area (TPSA) is 75.7 Å². The first-order valence-electron chi connectivity index (χ1n) is 12.3. The molecule has 33 heavy (non-hydrogen) atoms. The molecule has 0 spiro atoms. The predicted molar refractivity (Wildman–Crippen MR) is 129 cm³/mol. The molecule has 5 heteroatoms. The van der Waals surface area contributed by atoms with Gasteiger partial charge in [0.25, 0.3) is 0 Å². The lowest BCUT2D eigenvalue weighted by Gasteiger charge is -2.15. The molecule has 2 aromatic carbocycles. The van der Waals surface area contributed by atoms with E-state index in [1.54, 1.807) is 36.4 Å². The summed E-state index contributed by atoms with van der Waals surface area (Å²) in [5.41, 5.74) is 1.71. The van der Waals surface area contributed by atoms with Gasteiger partial charge in [-0.3, -0.25) is 0 Å². The van der Waals surface area contributed by atoms with E-state index in [2.05, 4.69) is 13.8 Å². The van der Waals surface area contributed by atoms with Crippen LogP contribution in [-0.4, -0.2) is 24.6 Å². The molecule has 180 valence electrons. The van der Waals surface area contributed by atoms with E-state index >= 15 is 0 Å². The molecule has 0 unspecified atom stereocenters. The second-order valence-corrected chi connectivity index (χ2v) is 8.55. The van der Waals surface area contributed by atoms with Crippen LogP contribution in [0.4, 0.5) is 0 Å². The SMILES string of the molecule is CCCCCCOc1ccc(C(=O)[O-])c(-c2ccc(C(=O)O[C@H](C)CCCCCC)cc2)c1. The minimum Gasteiger partial charge on any atom is -0.545 e. The summed E-state index contributed by atoms with van der Waals surface area (Å²) >= 11 is 0. The largest absolute Gasteiger partial charge is 0.545 e. The number of aromatic carboxylic acids is 1. The fourth-order valence-electron chi connectivity index (χ4n) is 3.70. The van der Waals surface area contributed by atoms with E-state index in [9.17, 15) is 14.7 Å². The molecule has 0 saturated carbocycles. The molecule has 1 atom stereocenters. The highest BCUT2D eigenvalue weighted by atomic mass is 16.5. The Hall–Kier alpha value is -2.82. The number of unbranched alkanes of at least 4 members (excludes halogenated alkanes) is 6. The van der Waals surface area contributed by atoms with E-state index < -0.39 is 5.97 Å². The maximum Gasteiger partial charge on any atom is 0.338 e. The highest BCUT2D eigenvalue weighted by Crippen LogP contribution is 2.29. The summed E-state index contributed by atoms with van der Waals surface area (Å²) in [6.45, 7) is 6.83. The molecule has 0 aliphatic carbocycles. The smallest absolute Gasteiger partial charge is 0.338 e. The summed E-state index contributed by atoms with van der Waals surface area (Å²) < 4.78 is 11.4. The third-order valence-corrected chi connectivity index (χ3v) is 5.68. The second-order valence-electron chi connectivity index (χ2n) is 8.55. The monoisotopic (exact) mass is 453 g/mol. The number of rotatable bonds is 15. The Morgan fingerprint density at radius 1 is 0.879 bits per heavy atom. The van der Waals surface area contributed by atoms with Gasteiger partial charge in [0.15, 0.2) is 0 Å². The maximum atomic E-state index is 12.5. The molecule has 0 aliphatic heterocycles. The Labute approximate surface area is 198 Å². The number of esters is 1. The van der Waals surface area contributed by atoms with Crippen molar-refractivity contribution in [3.05, 3.63) is 53.6 Å². The minimum absolute atomic E-state index is 0.0874. The Morgan fingerprint density at radius 3 is 2.18 bits per heavy atom. The highest BCUT2D eigenvalue weighted by Gasteiger charge is 2.14. The van der Waals surface area contributed by atoms with Gasteiger partial charge < -0.3 is 19.4 Å². The van der Waals surface area contributed by atoms with Gasteiger partial charge in [0.05, 0.1) is 24.2 Å². The third kappa shape index (κ3) is 8.91. The van der Waals surface area contributed by atoms with Gasteiger partial charge in [-0.25, -0.2) is 4.79 Å². The van der Waals surface area contributed by atoms with Gasteiger partial charge in [-0.15, -0.1) is 0 Å². The maximum absolute atomic E-state index is 12.5. The lowest BCUT2D eigenvalue weighted by molar-refractivity contribution is -0.254. The van der Waals surface area contributed by atoms with Crippen molar-refractivity contribution in [3.63, 3.8) is 0 Å². The molecule has 0 radical (unpaired) electrons. The minimum atomic E-state index is -1.25. The molecule has 0 heterocycles. The van der Waals surface area contributed by atoms with Crippen molar-refractivity contribution >= 4 is 11.9 Å². The molecule has 0 aromatic heterocycles. The van der Waals surface area contributed by atoms with Crippen molar-refractivity contribution in [1.29, 1.82) is 0 Å². The number of carboxylic acids is 1. The van der Waals surface area contributed by atoms with Crippen LogP contribution in [0.2, 0.25) is 0 Å². The van der Waals surface area contributed by atoms with Crippen LogP contribution in [0.3, 0.4) is 0 Å². The predicted octanol–water partition coefficient (Wildman–Crippen LogP) is 6.19. The number of carbonyl (C=O) groups excluding carboxylic acids is 2. The van der Waals surface area contributed by atoms with Gasteiger partial charge in [-0.2, -0.15) is 0 Å². The van der Waals surface area contributed by atoms with E-state index in [0.717, 1.165) is 38.5 Å². The van der Waals surface area contributed by atoms with Gasteiger partial charge in [0.1, 0.15) is 5.75 Å². The number of hydrogen-bond acceptors (Lipinski definition) is 5. The zero-order chi connectivity index (χ0) is 24.1. The van der Waals surface area contributed by atoms with Crippen molar-refractivity contribution in [2.24, 2.45) is 0 Å². The van der Waals surface area contributed by atoms with Crippen molar-refractivity contribution in [2.45, 2.75) is 84.7 Å². The van der Waals surface area contributed by atoms with Crippen molar-refractivity contribution < 1.29 is 24.2 Å². The van der Waals surface area contributed by atoms with E-state index in [1.165, 1.54) is 25.3 Å². The van der Waals surface area contributed by atoms with Crippen LogP contribution in [0, 0.1) is 0 Å². The fourth-order valence-corrected chi connectivity index (χ4v) is 3.70. The van der Waals surface area contributed by atoms with E-state index in [4.69, 9.17) is 9.47 Å². The van der Waals surface area contributed by atoms with Gasteiger partial charge in [-0.05, 0) is 67.6 Å². The molecule has 2 rings (SSSR count). The summed E-state index contributed by atoms with van der Waals surface area (Å²) in [6, 6.07) is 11.7. The number of carbonyl (C=O) groups is 2. The summed E-state index contributed by atoms with van der Waals surface area (Å²) in [7, 11) is 0. The summed E-state index contributed by atoms with van der Waals surface area (Å²) in [5, 5.41) is 11.6. The Kier molecular flexibility index (Phi) is 11.5. The Morgan fingerprint density at radius 2 is 1.55 bits per heavy atom. The molecule has 0 N–H and O–H groups in total. The normalized spacial score (nSPS) is 11.7. The molecule has 0 amide bonds. The van der Waals surface area contributed by atoms with Gasteiger partial charge in [-0.1, -0.05) is 64.5 Å². The van der Waals surface area contributed by atoms with Crippen LogP contribution < -0.4 is 9.84 Å². The van der Waals surface area contributed by atoms with Gasteiger partial charge >= 0.3 is 5.97 Å². The Balaban J connectivity index is 2.06. The van der Waals surface area contributed by atoms with Gasteiger partial charge in [0, 0.05) is 5.56 Å². The summed E-state index contributed by atoms with van der Waals surface area (Å²) in [4.78, 5) is 24.1. The van der Waals surface area contributed by atoms with Gasteiger partial charge in [0.2, 0.25) is 0 Å². The van der Waals surface area contributed by atoms with Crippen LogP contribution in [-0.2, 0) is 4.74 Å². The number of hydrogen-bond donors (Lipinski definition) is 0. The van der Waals surface area contributed by atoms with Crippen LogP contribution in [0.15, 0.2) is 42.5 Å².